The van der Waals surface area contributed by atoms with Crippen LogP contribution in [-0.4, -0.2) is 55.0 Å². The Kier molecular flexibility index (Phi) is 6.94. The van der Waals surface area contributed by atoms with Crippen LogP contribution in [0.15, 0.2) is 0 Å². The Morgan fingerprint density at radius 1 is 1.38 bits per heavy atom. The van der Waals surface area contributed by atoms with E-state index in [0.717, 1.165) is 13.0 Å². The molecule has 1 saturated heterocycles. The fourth-order valence-corrected chi connectivity index (χ4v) is 2.51. The minimum atomic E-state index is -0.460. The number of morpholine rings is 1. The molecule has 1 amide bonds. The van der Waals surface area contributed by atoms with Crippen LogP contribution >= 0.6 is 0 Å². The lowest BCUT2D eigenvalue weighted by Gasteiger charge is -2.37. The van der Waals surface area contributed by atoms with Crippen LogP contribution in [0.2, 0.25) is 0 Å². The van der Waals surface area contributed by atoms with Gasteiger partial charge in [-0.15, -0.1) is 0 Å². The predicted octanol–water partition coefficient (Wildman–Crippen LogP) is 2.65. The Bertz CT molecular complexity index is 326. The van der Waals surface area contributed by atoms with Gasteiger partial charge in [-0.25, -0.2) is 4.79 Å². The Labute approximate surface area is 129 Å². The lowest BCUT2D eigenvalue weighted by molar-refractivity contribution is -0.0322. The summed E-state index contributed by atoms with van der Waals surface area (Å²) in [6.07, 6.45) is 0.883. The van der Waals surface area contributed by atoms with E-state index in [4.69, 9.17) is 9.47 Å². The average Bonchev–Trinajstić information content (AvgIpc) is 2.33. The third-order valence-electron chi connectivity index (χ3n) is 3.38. The smallest absolute Gasteiger partial charge is 0.410 e. The molecule has 0 spiro atoms. The molecular weight excluding hydrogens is 268 g/mol. The van der Waals surface area contributed by atoms with E-state index in [9.17, 15) is 4.79 Å². The molecule has 1 aliphatic heterocycles. The number of ether oxygens (including phenoxy) is 2. The van der Waals surface area contributed by atoms with Crippen molar-refractivity contribution in [3.8, 4) is 0 Å². The molecule has 0 aromatic carbocycles. The van der Waals surface area contributed by atoms with Gasteiger partial charge in [-0.05, 0) is 40.0 Å². The van der Waals surface area contributed by atoms with Gasteiger partial charge in [0.05, 0.1) is 19.3 Å². The Balaban J connectivity index is 2.51. The van der Waals surface area contributed by atoms with Crippen molar-refractivity contribution in [2.45, 2.75) is 65.6 Å². The SMILES string of the molecule is CC(C)CC(C)NCC1COCCN1C(=O)OC(C)(C)C. The molecule has 5 nitrogen and oxygen atoms in total. The van der Waals surface area contributed by atoms with Crippen molar-refractivity contribution in [3.63, 3.8) is 0 Å². The summed E-state index contributed by atoms with van der Waals surface area (Å²) in [4.78, 5) is 14.1. The first kappa shape index (κ1) is 18.2. The van der Waals surface area contributed by atoms with E-state index in [1.54, 1.807) is 4.90 Å². The lowest BCUT2D eigenvalue weighted by Crippen LogP contribution is -2.54. The van der Waals surface area contributed by atoms with Gasteiger partial charge in [0.2, 0.25) is 0 Å². The van der Waals surface area contributed by atoms with E-state index >= 15 is 0 Å². The quantitative estimate of drug-likeness (QED) is 0.848. The van der Waals surface area contributed by atoms with Gasteiger partial charge in [0.1, 0.15) is 5.60 Å². The second-order valence-electron chi connectivity index (χ2n) is 7.34. The fourth-order valence-electron chi connectivity index (χ4n) is 2.51. The maximum absolute atomic E-state index is 12.3. The molecule has 0 aliphatic carbocycles. The van der Waals surface area contributed by atoms with Crippen LogP contribution in [0.25, 0.3) is 0 Å². The van der Waals surface area contributed by atoms with E-state index in [1.165, 1.54) is 0 Å². The maximum Gasteiger partial charge on any atom is 0.410 e. The van der Waals surface area contributed by atoms with Crippen LogP contribution in [0.5, 0.6) is 0 Å². The third-order valence-corrected chi connectivity index (χ3v) is 3.38. The van der Waals surface area contributed by atoms with Gasteiger partial charge in [-0.3, -0.25) is 4.90 Å². The molecule has 1 fully saturated rings. The molecule has 0 bridgehead atoms. The van der Waals surface area contributed by atoms with Gasteiger partial charge >= 0.3 is 6.09 Å². The Morgan fingerprint density at radius 2 is 2.05 bits per heavy atom. The maximum atomic E-state index is 12.3. The van der Waals surface area contributed by atoms with Crippen molar-refractivity contribution in [3.05, 3.63) is 0 Å². The number of carbonyl (C=O) groups is 1. The van der Waals surface area contributed by atoms with Crippen molar-refractivity contribution in [1.82, 2.24) is 10.2 Å². The molecule has 1 rings (SSSR count). The van der Waals surface area contributed by atoms with E-state index in [2.05, 4.69) is 26.1 Å². The van der Waals surface area contributed by atoms with Crippen molar-refractivity contribution in [1.29, 1.82) is 0 Å². The first-order chi connectivity index (χ1) is 9.69. The largest absolute Gasteiger partial charge is 0.444 e. The zero-order chi connectivity index (χ0) is 16.0. The summed E-state index contributed by atoms with van der Waals surface area (Å²) in [5.41, 5.74) is -0.460. The van der Waals surface area contributed by atoms with E-state index in [0.29, 0.717) is 31.7 Å². The summed E-state index contributed by atoms with van der Waals surface area (Å²) in [6.45, 7) is 14.8. The van der Waals surface area contributed by atoms with Crippen molar-refractivity contribution >= 4 is 6.09 Å². The van der Waals surface area contributed by atoms with Gasteiger partial charge in [0.15, 0.2) is 0 Å². The predicted molar refractivity (Wildman–Crippen MR) is 84.5 cm³/mol. The molecule has 0 aromatic heterocycles. The van der Waals surface area contributed by atoms with Crippen LogP contribution in [0.1, 0.15) is 48.0 Å². The molecule has 2 atom stereocenters. The fraction of sp³-hybridized carbons (Fsp3) is 0.938. The molecule has 1 N–H and O–H groups in total. The molecule has 5 heteroatoms. The zero-order valence-corrected chi connectivity index (χ0v) is 14.4. The van der Waals surface area contributed by atoms with Crippen LogP contribution in [0.4, 0.5) is 4.79 Å². The van der Waals surface area contributed by atoms with Gasteiger partial charge < -0.3 is 14.8 Å². The highest BCUT2D eigenvalue weighted by Crippen LogP contribution is 2.14. The second kappa shape index (κ2) is 7.99. The summed E-state index contributed by atoms with van der Waals surface area (Å²) in [5.74, 6) is 0.664. The monoisotopic (exact) mass is 300 g/mol. The second-order valence-corrected chi connectivity index (χ2v) is 7.34. The first-order valence-electron chi connectivity index (χ1n) is 8.00. The standard InChI is InChI=1S/C16H32N2O3/c1-12(2)9-13(3)17-10-14-11-20-8-7-18(14)15(19)21-16(4,5)6/h12-14,17H,7-11H2,1-6H3. The summed E-state index contributed by atoms with van der Waals surface area (Å²) >= 11 is 0. The molecule has 0 aromatic rings. The normalized spacial score (nSPS) is 21.5. The molecule has 1 aliphatic rings. The topological polar surface area (TPSA) is 50.8 Å². The highest BCUT2D eigenvalue weighted by Gasteiger charge is 2.31. The van der Waals surface area contributed by atoms with Crippen LogP contribution in [0, 0.1) is 5.92 Å². The van der Waals surface area contributed by atoms with Crippen molar-refractivity contribution in [2.75, 3.05) is 26.3 Å². The van der Waals surface area contributed by atoms with Crippen LogP contribution in [0.3, 0.4) is 0 Å². The van der Waals surface area contributed by atoms with Gasteiger partial charge in [-0.2, -0.15) is 0 Å². The molecule has 0 saturated carbocycles. The van der Waals surface area contributed by atoms with Crippen molar-refractivity contribution < 1.29 is 14.3 Å². The van der Waals surface area contributed by atoms with Crippen LogP contribution in [-0.2, 0) is 9.47 Å². The number of amides is 1. The lowest BCUT2D eigenvalue weighted by atomic mass is 10.0. The number of rotatable bonds is 5. The summed E-state index contributed by atoms with van der Waals surface area (Å²) < 4.78 is 11.0. The summed E-state index contributed by atoms with van der Waals surface area (Å²) in [6, 6.07) is 0.482. The van der Waals surface area contributed by atoms with E-state index in [-0.39, 0.29) is 12.1 Å². The highest BCUT2D eigenvalue weighted by atomic mass is 16.6. The van der Waals surface area contributed by atoms with Gasteiger partial charge in [-0.1, -0.05) is 13.8 Å². The number of hydrogen-bond donors (Lipinski definition) is 1. The summed E-state index contributed by atoms with van der Waals surface area (Å²) in [5, 5.41) is 3.50. The minimum Gasteiger partial charge on any atom is -0.444 e. The molecule has 124 valence electrons. The van der Waals surface area contributed by atoms with E-state index < -0.39 is 5.60 Å². The third kappa shape index (κ3) is 7.14. The molecule has 1 heterocycles. The molecular formula is C16H32N2O3. The van der Waals surface area contributed by atoms with E-state index in [1.807, 2.05) is 20.8 Å². The highest BCUT2D eigenvalue weighted by molar-refractivity contribution is 5.68. The van der Waals surface area contributed by atoms with Crippen molar-refractivity contribution in [2.24, 2.45) is 5.92 Å². The average molecular weight is 300 g/mol. The molecule has 2 unspecified atom stereocenters. The number of hydrogen-bond acceptors (Lipinski definition) is 4. The summed E-state index contributed by atoms with van der Waals surface area (Å²) in [7, 11) is 0. The minimum absolute atomic E-state index is 0.0446. The van der Waals surface area contributed by atoms with Gasteiger partial charge in [0, 0.05) is 19.1 Å². The van der Waals surface area contributed by atoms with Crippen LogP contribution < -0.4 is 5.32 Å². The van der Waals surface area contributed by atoms with Gasteiger partial charge in [0.25, 0.3) is 0 Å². The number of nitrogens with zero attached hydrogens (tertiary/aromatic N) is 1. The first-order valence-corrected chi connectivity index (χ1v) is 8.00. The molecule has 21 heavy (non-hydrogen) atoms. The molecule has 0 radical (unpaired) electrons. The Hall–Kier alpha value is -0.810. The number of nitrogens with one attached hydrogen (secondary N) is 1. The Morgan fingerprint density at radius 3 is 2.62 bits per heavy atom. The number of carbonyl (C=O) groups excluding carboxylic acids is 1. The zero-order valence-electron chi connectivity index (χ0n) is 14.4.